The minimum Gasteiger partial charge on any atom is -0.478 e. The van der Waals surface area contributed by atoms with Crippen molar-refractivity contribution >= 4 is 21.7 Å². The summed E-state index contributed by atoms with van der Waals surface area (Å²) in [7, 11) is -2.35. The first-order chi connectivity index (χ1) is 10.5. The van der Waals surface area contributed by atoms with E-state index in [1.165, 1.54) is 19.2 Å². The SMILES string of the molecule is COC[C@@H](C)NS(=O)(=O)c1ccc(NC(C)(C)C)c(C(=O)O)c1. The van der Waals surface area contributed by atoms with E-state index in [0.717, 1.165) is 6.07 Å². The van der Waals surface area contributed by atoms with Gasteiger partial charge in [-0.15, -0.1) is 0 Å². The van der Waals surface area contributed by atoms with E-state index >= 15 is 0 Å². The third-order valence-corrected chi connectivity index (χ3v) is 4.40. The van der Waals surface area contributed by atoms with Crippen LogP contribution in [0.4, 0.5) is 5.69 Å². The van der Waals surface area contributed by atoms with E-state index in [9.17, 15) is 18.3 Å². The number of ether oxygens (including phenoxy) is 1. The molecule has 0 aromatic heterocycles. The normalized spacial score (nSPS) is 13.6. The number of sulfonamides is 1. The third kappa shape index (κ3) is 5.81. The molecule has 0 unspecified atom stereocenters. The molecule has 0 amide bonds. The summed E-state index contributed by atoms with van der Waals surface area (Å²) in [6.07, 6.45) is 0. The highest BCUT2D eigenvalue weighted by Crippen LogP contribution is 2.23. The van der Waals surface area contributed by atoms with Crippen molar-refractivity contribution in [1.82, 2.24) is 4.72 Å². The van der Waals surface area contributed by atoms with Gasteiger partial charge in [-0.05, 0) is 45.9 Å². The number of anilines is 1. The number of carbonyl (C=O) groups is 1. The summed E-state index contributed by atoms with van der Waals surface area (Å²) in [4.78, 5) is 11.3. The fourth-order valence-corrected chi connectivity index (χ4v) is 3.25. The van der Waals surface area contributed by atoms with Crippen molar-refractivity contribution in [1.29, 1.82) is 0 Å². The van der Waals surface area contributed by atoms with Gasteiger partial charge in [-0.1, -0.05) is 0 Å². The Morgan fingerprint density at radius 1 is 1.35 bits per heavy atom. The summed E-state index contributed by atoms with van der Waals surface area (Å²) >= 11 is 0. The topological polar surface area (TPSA) is 105 Å². The van der Waals surface area contributed by atoms with Crippen LogP contribution in [-0.2, 0) is 14.8 Å². The molecule has 0 fully saturated rings. The number of hydrogen-bond acceptors (Lipinski definition) is 5. The highest BCUT2D eigenvalue weighted by molar-refractivity contribution is 7.89. The molecule has 23 heavy (non-hydrogen) atoms. The maximum atomic E-state index is 12.3. The number of carboxylic acids is 1. The molecule has 8 heteroatoms. The predicted octanol–water partition coefficient (Wildman–Crippen LogP) is 1.91. The lowest BCUT2D eigenvalue weighted by Crippen LogP contribution is -2.35. The molecular formula is C15H24N2O5S. The number of nitrogens with one attached hydrogen (secondary N) is 2. The zero-order valence-corrected chi connectivity index (χ0v) is 14.8. The van der Waals surface area contributed by atoms with Gasteiger partial charge < -0.3 is 15.2 Å². The van der Waals surface area contributed by atoms with Crippen molar-refractivity contribution in [2.45, 2.75) is 44.2 Å². The molecule has 0 bridgehead atoms. The van der Waals surface area contributed by atoms with Gasteiger partial charge in [0.15, 0.2) is 0 Å². The van der Waals surface area contributed by atoms with E-state index in [0.29, 0.717) is 5.69 Å². The average molecular weight is 344 g/mol. The Kier molecular flexibility index (Phi) is 6.15. The summed E-state index contributed by atoms with van der Waals surface area (Å²) in [6.45, 7) is 7.54. The molecule has 3 N–H and O–H groups in total. The third-order valence-electron chi connectivity index (χ3n) is 2.81. The number of methoxy groups -OCH3 is 1. The molecular weight excluding hydrogens is 320 g/mol. The minimum atomic E-state index is -3.82. The van der Waals surface area contributed by atoms with Gasteiger partial charge in [0.05, 0.1) is 17.1 Å². The van der Waals surface area contributed by atoms with Crippen LogP contribution >= 0.6 is 0 Å². The van der Waals surface area contributed by atoms with Crippen molar-refractivity contribution in [3.8, 4) is 0 Å². The van der Waals surface area contributed by atoms with Crippen molar-refractivity contribution < 1.29 is 23.1 Å². The van der Waals surface area contributed by atoms with Crippen molar-refractivity contribution in [3.63, 3.8) is 0 Å². The molecule has 0 aliphatic heterocycles. The molecule has 0 heterocycles. The molecule has 1 rings (SSSR count). The first-order valence-corrected chi connectivity index (χ1v) is 8.61. The van der Waals surface area contributed by atoms with Gasteiger partial charge in [-0.25, -0.2) is 17.9 Å². The Morgan fingerprint density at radius 2 is 1.96 bits per heavy atom. The van der Waals surface area contributed by atoms with Crippen LogP contribution < -0.4 is 10.0 Å². The number of rotatable bonds is 7. The van der Waals surface area contributed by atoms with E-state index in [-0.39, 0.29) is 22.6 Å². The van der Waals surface area contributed by atoms with E-state index < -0.39 is 22.0 Å². The molecule has 0 radical (unpaired) electrons. The van der Waals surface area contributed by atoms with Crippen molar-refractivity contribution in [2.24, 2.45) is 0 Å². The Labute approximate surface area is 137 Å². The van der Waals surface area contributed by atoms with Gasteiger partial charge in [0.2, 0.25) is 10.0 Å². The van der Waals surface area contributed by atoms with Crippen LogP contribution in [0.5, 0.6) is 0 Å². The van der Waals surface area contributed by atoms with E-state index in [1.807, 2.05) is 20.8 Å². The van der Waals surface area contributed by atoms with Crippen LogP contribution in [-0.4, -0.2) is 44.8 Å². The first-order valence-electron chi connectivity index (χ1n) is 7.13. The van der Waals surface area contributed by atoms with Crippen LogP contribution in [0.2, 0.25) is 0 Å². The molecule has 0 spiro atoms. The van der Waals surface area contributed by atoms with E-state index in [4.69, 9.17) is 4.74 Å². The van der Waals surface area contributed by atoms with E-state index in [1.54, 1.807) is 6.92 Å². The van der Waals surface area contributed by atoms with Crippen LogP contribution in [0, 0.1) is 0 Å². The molecule has 0 aliphatic carbocycles. The second-order valence-corrected chi connectivity index (χ2v) is 8.08. The largest absolute Gasteiger partial charge is 0.478 e. The average Bonchev–Trinajstić information content (AvgIpc) is 2.36. The zero-order chi connectivity index (χ0) is 17.8. The monoisotopic (exact) mass is 344 g/mol. The summed E-state index contributed by atoms with van der Waals surface area (Å²) < 4.78 is 31.9. The van der Waals surface area contributed by atoms with Gasteiger partial charge >= 0.3 is 5.97 Å². The predicted molar refractivity (Wildman–Crippen MR) is 88.4 cm³/mol. The van der Waals surface area contributed by atoms with Crippen LogP contribution in [0.25, 0.3) is 0 Å². The van der Waals surface area contributed by atoms with Gasteiger partial charge in [0.1, 0.15) is 0 Å². The Morgan fingerprint density at radius 3 is 2.43 bits per heavy atom. The van der Waals surface area contributed by atoms with Crippen LogP contribution in [0.1, 0.15) is 38.1 Å². The van der Waals surface area contributed by atoms with Gasteiger partial charge in [0.25, 0.3) is 0 Å². The lowest BCUT2D eigenvalue weighted by molar-refractivity contribution is 0.0697. The highest BCUT2D eigenvalue weighted by Gasteiger charge is 2.22. The smallest absolute Gasteiger partial charge is 0.337 e. The molecule has 1 aromatic carbocycles. The van der Waals surface area contributed by atoms with E-state index in [2.05, 4.69) is 10.0 Å². The van der Waals surface area contributed by atoms with Crippen molar-refractivity contribution in [3.05, 3.63) is 23.8 Å². The number of carboxylic acid groups (broad SMARTS) is 1. The zero-order valence-electron chi connectivity index (χ0n) is 14.0. The van der Waals surface area contributed by atoms with Crippen molar-refractivity contribution in [2.75, 3.05) is 19.0 Å². The lowest BCUT2D eigenvalue weighted by atomic mass is 10.1. The fraction of sp³-hybridized carbons (Fsp3) is 0.533. The summed E-state index contributed by atoms with van der Waals surface area (Å²) in [6, 6.07) is 3.57. The molecule has 1 atom stereocenters. The number of hydrogen-bond donors (Lipinski definition) is 3. The second kappa shape index (κ2) is 7.29. The summed E-state index contributed by atoms with van der Waals surface area (Å²) in [5, 5.41) is 12.4. The van der Waals surface area contributed by atoms with Crippen LogP contribution in [0.15, 0.2) is 23.1 Å². The van der Waals surface area contributed by atoms with Gasteiger partial charge in [-0.3, -0.25) is 0 Å². The minimum absolute atomic E-state index is 0.0952. The summed E-state index contributed by atoms with van der Waals surface area (Å²) in [5.74, 6) is -1.20. The summed E-state index contributed by atoms with van der Waals surface area (Å²) in [5.41, 5.74) is -0.0772. The molecule has 0 saturated heterocycles. The standard InChI is InChI=1S/C15H24N2O5S/c1-10(9-22-5)17-23(20,21)11-6-7-13(16-15(2,3)4)12(8-11)14(18)19/h6-8,10,16-17H,9H2,1-5H3,(H,18,19)/t10-/m1/s1. The maximum Gasteiger partial charge on any atom is 0.337 e. The lowest BCUT2D eigenvalue weighted by Gasteiger charge is -2.23. The van der Waals surface area contributed by atoms with Gasteiger partial charge in [-0.2, -0.15) is 0 Å². The second-order valence-electron chi connectivity index (χ2n) is 6.37. The Bertz CT molecular complexity index is 665. The number of aromatic carboxylic acids is 1. The van der Waals surface area contributed by atoms with Crippen LogP contribution in [0.3, 0.4) is 0 Å². The number of benzene rings is 1. The molecule has 1 aromatic rings. The Hall–Kier alpha value is -1.64. The highest BCUT2D eigenvalue weighted by atomic mass is 32.2. The fourth-order valence-electron chi connectivity index (χ4n) is 2.00. The first kappa shape index (κ1) is 19.4. The maximum absolute atomic E-state index is 12.3. The van der Waals surface area contributed by atoms with Gasteiger partial charge in [0, 0.05) is 24.4 Å². The quantitative estimate of drug-likeness (QED) is 0.698. The molecule has 0 saturated carbocycles. The Balaban J connectivity index is 3.20. The molecule has 0 aliphatic rings. The molecule has 130 valence electrons. The molecule has 7 nitrogen and oxygen atoms in total.